The number of benzene rings is 1. The van der Waals surface area contributed by atoms with E-state index >= 15 is 0 Å². The molecule has 0 aliphatic heterocycles. The van der Waals surface area contributed by atoms with E-state index in [0.717, 1.165) is 30.1 Å². The molecule has 0 saturated carbocycles. The highest BCUT2D eigenvalue weighted by molar-refractivity contribution is 6.30. The molecule has 0 radical (unpaired) electrons. The maximum atomic E-state index is 6.38. The number of halogens is 1. The standard InChI is InChI=1S/C16H27ClN2O2/c1-4-15(18)16(13-6-5-7-14(17)12-13)19(8-10-20-2)9-11-21-3/h5-7,12,15-16H,4,8-11,18H2,1-3H3. The maximum absolute atomic E-state index is 6.38. The summed E-state index contributed by atoms with van der Waals surface area (Å²) in [5.41, 5.74) is 7.52. The molecule has 0 amide bonds. The SMILES string of the molecule is CCC(N)C(c1cccc(Cl)c1)N(CCOC)CCOC. The summed E-state index contributed by atoms with van der Waals surface area (Å²) in [5.74, 6) is 0. The Morgan fingerprint density at radius 3 is 2.29 bits per heavy atom. The molecule has 1 aromatic rings. The van der Waals surface area contributed by atoms with E-state index in [4.69, 9.17) is 26.8 Å². The summed E-state index contributed by atoms with van der Waals surface area (Å²) in [6.07, 6.45) is 0.896. The lowest BCUT2D eigenvalue weighted by atomic mass is 9.96. The first-order valence-corrected chi connectivity index (χ1v) is 7.74. The number of ether oxygens (including phenoxy) is 2. The van der Waals surface area contributed by atoms with Crippen LogP contribution >= 0.6 is 11.6 Å². The molecule has 120 valence electrons. The van der Waals surface area contributed by atoms with Crippen LogP contribution in [0.15, 0.2) is 24.3 Å². The molecule has 21 heavy (non-hydrogen) atoms. The van der Waals surface area contributed by atoms with Gasteiger partial charge in [-0.2, -0.15) is 0 Å². The number of methoxy groups -OCH3 is 2. The highest BCUT2D eigenvalue weighted by atomic mass is 35.5. The first kappa shape index (κ1) is 18.4. The summed E-state index contributed by atoms with van der Waals surface area (Å²) in [6, 6.07) is 8.08. The van der Waals surface area contributed by atoms with Crippen LogP contribution in [0.2, 0.25) is 5.02 Å². The van der Waals surface area contributed by atoms with Gasteiger partial charge in [0, 0.05) is 38.4 Å². The van der Waals surface area contributed by atoms with Crippen molar-refractivity contribution >= 4 is 11.6 Å². The third-order valence-electron chi connectivity index (χ3n) is 3.63. The molecule has 0 fully saturated rings. The molecule has 0 spiro atoms. The Morgan fingerprint density at radius 2 is 1.81 bits per heavy atom. The highest BCUT2D eigenvalue weighted by Gasteiger charge is 2.25. The fraction of sp³-hybridized carbons (Fsp3) is 0.625. The van der Waals surface area contributed by atoms with Gasteiger partial charge < -0.3 is 15.2 Å². The van der Waals surface area contributed by atoms with Crippen molar-refractivity contribution in [2.75, 3.05) is 40.5 Å². The van der Waals surface area contributed by atoms with E-state index in [1.807, 2.05) is 18.2 Å². The van der Waals surface area contributed by atoms with Gasteiger partial charge in [0.15, 0.2) is 0 Å². The zero-order valence-electron chi connectivity index (χ0n) is 13.2. The van der Waals surface area contributed by atoms with Gasteiger partial charge in [0.1, 0.15) is 0 Å². The highest BCUT2D eigenvalue weighted by Crippen LogP contribution is 2.27. The van der Waals surface area contributed by atoms with Crippen molar-refractivity contribution in [2.24, 2.45) is 5.73 Å². The molecule has 4 nitrogen and oxygen atoms in total. The quantitative estimate of drug-likeness (QED) is 0.721. The molecule has 1 aromatic carbocycles. The van der Waals surface area contributed by atoms with E-state index in [-0.39, 0.29) is 12.1 Å². The summed E-state index contributed by atoms with van der Waals surface area (Å²) in [6.45, 7) is 5.05. The summed E-state index contributed by atoms with van der Waals surface area (Å²) in [7, 11) is 3.42. The Labute approximate surface area is 133 Å². The van der Waals surface area contributed by atoms with Gasteiger partial charge in [0.25, 0.3) is 0 Å². The Balaban J connectivity index is 3.00. The molecular weight excluding hydrogens is 288 g/mol. The maximum Gasteiger partial charge on any atom is 0.0589 e. The lowest BCUT2D eigenvalue weighted by Gasteiger charge is -2.35. The van der Waals surface area contributed by atoms with Crippen molar-refractivity contribution in [3.05, 3.63) is 34.9 Å². The summed E-state index contributed by atoms with van der Waals surface area (Å²) in [4.78, 5) is 2.31. The molecule has 2 atom stereocenters. The lowest BCUT2D eigenvalue weighted by Crippen LogP contribution is -2.43. The fourth-order valence-electron chi connectivity index (χ4n) is 2.45. The topological polar surface area (TPSA) is 47.7 Å². The first-order chi connectivity index (χ1) is 10.1. The van der Waals surface area contributed by atoms with E-state index in [9.17, 15) is 0 Å². The van der Waals surface area contributed by atoms with Gasteiger partial charge in [0.05, 0.1) is 19.3 Å². The minimum atomic E-state index is 0.0391. The first-order valence-electron chi connectivity index (χ1n) is 7.37. The number of nitrogens with zero attached hydrogens (tertiary/aromatic N) is 1. The van der Waals surface area contributed by atoms with Crippen LogP contribution in [0.4, 0.5) is 0 Å². The van der Waals surface area contributed by atoms with Crippen LogP contribution < -0.4 is 5.73 Å². The second kappa shape index (κ2) is 10.1. The largest absolute Gasteiger partial charge is 0.383 e. The Kier molecular flexibility index (Phi) is 8.88. The summed E-state index contributed by atoms with van der Waals surface area (Å²) >= 11 is 6.14. The van der Waals surface area contributed by atoms with Crippen molar-refractivity contribution in [2.45, 2.75) is 25.4 Å². The second-order valence-electron chi connectivity index (χ2n) is 5.09. The van der Waals surface area contributed by atoms with Crippen LogP contribution in [0.1, 0.15) is 24.9 Å². The van der Waals surface area contributed by atoms with Crippen LogP contribution in [0, 0.1) is 0 Å². The second-order valence-corrected chi connectivity index (χ2v) is 5.53. The third-order valence-corrected chi connectivity index (χ3v) is 3.86. The van der Waals surface area contributed by atoms with E-state index in [0.29, 0.717) is 13.2 Å². The molecule has 0 bridgehead atoms. The zero-order chi connectivity index (χ0) is 15.7. The van der Waals surface area contributed by atoms with E-state index in [2.05, 4.69) is 17.9 Å². The van der Waals surface area contributed by atoms with Crippen LogP contribution in [-0.2, 0) is 9.47 Å². The fourth-order valence-corrected chi connectivity index (χ4v) is 2.65. The van der Waals surface area contributed by atoms with Gasteiger partial charge in [-0.1, -0.05) is 30.7 Å². The zero-order valence-corrected chi connectivity index (χ0v) is 14.0. The molecule has 5 heteroatoms. The average Bonchev–Trinajstić information content (AvgIpc) is 2.49. The summed E-state index contributed by atoms with van der Waals surface area (Å²) in [5, 5.41) is 0.735. The Hall–Kier alpha value is -0.650. The van der Waals surface area contributed by atoms with Crippen molar-refractivity contribution < 1.29 is 9.47 Å². The Bertz CT molecular complexity index is 396. The number of nitrogens with two attached hydrogens (primary N) is 1. The summed E-state index contributed by atoms with van der Waals surface area (Å²) < 4.78 is 10.5. The van der Waals surface area contributed by atoms with Crippen LogP contribution in [0.3, 0.4) is 0 Å². The van der Waals surface area contributed by atoms with Gasteiger partial charge in [-0.15, -0.1) is 0 Å². The molecular formula is C16H27ClN2O2. The molecule has 2 unspecified atom stereocenters. The van der Waals surface area contributed by atoms with Crippen molar-refractivity contribution in [1.29, 1.82) is 0 Å². The molecule has 0 aromatic heterocycles. The van der Waals surface area contributed by atoms with Crippen LogP contribution in [0.25, 0.3) is 0 Å². The van der Waals surface area contributed by atoms with E-state index in [1.54, 1.807) is 14.2 Å². The van der Waals surface area contributed by atoms with Gasteiger partial charge >= 0.3 is 0 Å². The van der Waals surface area contributed by atoms with Crippen LogP contribution in [0.5, 0.6) is 0 Å². The molecule has 0 aliphatic carbocycles. The number of hydrogen-bond acceptors (Lipinski definition) is 4. The number of hydrogen-bond donors (Lipinski definition) is 1. The molecule has 1 rings (SSSR count). The van der Waals surface area contributed by atoms with Crippen molar-refractivity contribution in [3.8, 4) is 0 Å². The smallest absolute Gasteiger partial charge is 0.0589 e. The average molecular weight is 315 g/mol. The third kappa shape index (κ3) is 5.93. The van der Waals surface area contributed by atoms with Gasteiger partial charge in [0.2, 0.25) is 0 Å². The number of rotatable bonds is 10. The Morgan fingerprint density at radius 1 is 1.19 bits per heavy atom. The molecule has 0 heterocycles. The predicted molar refractivity (Wildman–Crippen MR) is 87.8 cm³/mol. The van der Waals surface area contributed by atoms with E-state index in [1.165, 1.54) is 0 Å². The van der Waals surface area contributed by atoms with E-state index < -0.39 is 0 Å². The van der Waals surface area contributed by atoms with Crippen molar-refractivity contribution in [3.63, 3.8) is 0 Å². The minimum Gasteiger partial charge on any atom is -0.383 e. The molecule has 0 saturated heterocycles. The minimum absolute atomic E-state index is 0.0391. The molecule has 0 aliphatic rings. The molecule has 2 N–H and O–H groups in total. The van der Waals surface area contributed by atoms with Gasteiger partial charge in [-0.05, 0) is 24.1 Å². The predicted octanol–water partition coefficient (Wildman–Crippen LogP) is 2.71. The lowest BCUT2D eigenvalue weighted by molar-refractivity contribution is 0.0775. The monoisotopic (exact) mass is 314 g/mol. The normalized spacial score (nSPS) is 14.4. The van der Waals surface area contributed by atoms with Gasteiger partial charge in [-0.3, -0.25) is 4.90 Å². The van der Waals surface area contributed by atoms with Crippen molar-refractivity contribution in [1.82, 2.24) is 4.90 Å². The van der Waals surface area contributed by atoms with Gasteiger partial charge in [-0.25, -0.2) is 0 Å². The van der Waals surface area contributed by atoms with Crippen LogP contribution in [-0.4, -0.2) is 51.5 Å².